The van der Waals surface area contributed by atoms with Crippen molar-refractivity contribution < 1.29 is 9.53 Å². The van der Waals surface area contributed by atoms with Crippen molar-refractivity contribution in [2.45, 2.75) is 55.2 Å². The summed E-state index contributed by atoms with van der Waals surface area (Å²) in [6, 6.07) is 10.6. The van der Waals surface area contributed by atoms with Crippen LogP contribution in [0.25, 0.3) is 0 Å². The highest BCUT2D eigenvalue weighted by molar-refractivity contribution is 7.99. The third-order valence-electron chi connectivity index (χ3n) is 5.40. The zero-order chi connectivity index (χ0) is 16.1. The molecular weight excluding hydrogens is 306 g/mol. The van der Waals surface area contributed by atoms with Crippen LogP contribution in [0.4, 0.5) is 0 Å². The maximum Gasteiger partial charge on any atom is 0.231 e. The lowest BCUT2D eigenvalue weighted by Gasteiger charge is -2.38. The van der Waals surface area contributed by atoms with Crippen molar-refractivity contribution in [2.24, 2.45) is 0 Å². The molecule has 1 aromatic carbocycles. The maximum absolute atomic E-state index is 13.2. The van der Waals surface area contributed by atoms with E-state index in [4.69, 9.17) is 4.74 Å². The van der Waals surface area contributed by atoms with Gasteiger partial charge in [0.25, 0.3) is 0 Å². The quantitative estimate of drug-likeness (QED) is 0.916. The number of carbonyl (C=O) groups is 1. The SMILES string of the molecule is CS[C@H]1CCC[C@@H](NC(=O)C2(c3ccccc3)CCOCC2)C1. The Hall–Kier alpha value is -1.00. The van der Waals surface area contributed by atoms with Crippen LogP contribution < -0.4 is 5.32 Å². The molecule has 0 unspecified atom stereocenters. The number of nitrogens with one attached hydrogen (secondary N) is 1. The fraction of sp³-hybridized carbons (Fsp3) is 0.632. The summed E-state index contributed by atoms with van der Waals surface area (Å²) in [6.07, 6.45) is 8.46. The van der Waals surface area contributed by atoms with Gasteiger partial charge in [-0.2, -0.15) is 11.8 Å². The van der Waals surface area contributed by atoms with Crippen LogP contribution in [0.1, 0.15) is 44.1 Å². The van der Waals surface area contributed by atoms with E-state index in [9.17, 15) is 4.79 Å². The molecule has 23 heavy (non-hydrogen) atoms. The molecule has 3 rings (SSSR count). The van der Waals surface area contributed by atoms with Crippen LogP contribution in [0.5, 0.6) is 0 Å². The van der Waals surface area contributed by atoms with Crippen molar-refractivity contribution >= 4 is 17.7 Å². The molecule has 1 saturated heterocycles. The minimum atomic E-state index is -0.411. The van der Waals surface area contributed by atoms with Crippen LogP contribution in [0.3, 0.4) is 0 Å². The van der Waals surface area contributed by atoms with E-state index < -0.39 is 5.41 Å². The zero-order valence-electron chi connectivity index (χ0n) is 13.9. The number of rotatable bonds is 4. The van der Waals surface area contributed by atoms with E-state index in [1.54, 1.807) is 0 Å². The molecule has 0 spiro atoms. The minimum Gasteiger partial charge on any atom is -0.381 e. The molecule has 1 N–H and O–H groups in total. The van der Waals surface area contributed by atoms with Gasteiger partial charge in [-0.25, -0.2) is 0 Å². The largest absolute Gasteiger partial charge is 0.381 e. The van der Waals surface area contributed by atoms with Crippen molar-refractivity contribution in [1.29, 1.82) is 0 Å². The van der Waals surface area contributed by atoms with Crippen molar-refractivity contribution in [3.05, 3.63) is 35.9 Å². The number of hydrogen-bond acceptors (Lipinski definition) is 3. The molecule has 1 amide bonds. The van der Waals surface area contributed by atoms with E-state index in [1.807, 2.05) is 30.0 Å². The van der Waals surface area contributed by atoms with Crippen molar-refractivity contribution in [2.75, 3.05) is 19.5 Å². The molecule has 3 nitrogen and oxygen atoms in total. The molecule has 4 heteroatoms. The van der Waals surface area contributed by atoms with Gasteiger partial charge in [0.1, 0.15) is 0 Å². The van der Waals surface area contributed by atoms with E-state index in [1.165, 1.54) is 12.8 Å². The average molecular weight is 333 g/mol. The lowest BCUT2D eigenvalue weighted by Crippen LogP contribution is -2.52. The Morgan fingerprint density at radius 2 is 1.96 bits per heavy atom. The lowest BCUT2D eigenvalue weighted by atomic mass is 9.73. The van der Waals surface area contributed by atoms with Gasteiger partial charge in [0.05, 0.1) is 5.41 Å². The molecule has 2 fully saturated rings. The molecule has 126 valence electrons. The molecule has 1 saturated carbocycles. The Bertz CT molecular complexity index is 513. The topological polar surface area (TPSA) is 38.3 Å². The van der Waals surface area contributed by atoms with Gasteiger partial charge in [-0.15, -0.1) is 0 Å². The molecule has 0 aromatic heterocycles. The van der Waals surface area contributed by atoms with E-state index >= 15 is 0 Å². The smallest absolute Gasteiger partial charge is 0.231 e. The third kappa shape index (κ3) is 3.74. The van der Waals surface area contributed by atoms with Crippen molar-refractivity contribution in [3.63, 3.8) is 0 Å². The summed E-state index contributed by atoms with van der Waals surface area (Å²) in [5.41, 5.74) is 0.726. The van der Waals surface area contributed by atoms with Gasteiger partial charge < -0.3 is 10.1 Å². The zero-order valence-corrected chi connectivity index (χ0v) is 14.7. The molecular formula is C19H27NO2S. The van der Waals surface area contributed by atoms with Gasteiger partial charge in [-0.1, -0.05) is 36.8 Å². The van der Waals surface area contributed by atoms with Gasteiger partial charge >= 0.3 is 0 Å². The fourth-order valence-electron chi connectivity index (χ4n) is 3.94. The maximum atomic E-state index is 13.2. The highest BCUT2D eigenvalue weighted by Crippen LogP contribution is 2.36. The first-order valence-electron chi connectivity index (χ1n) is 8.71. The Kier molecular flexibility index (Phi) is 5.65. The summed E-state index contributed by atoms with van der Waals surface area (Å²) in [7, 11) is 0. The molecule has 1 aliphatic heterocycles. The Labute approximate surface area is 143 Å². The number of ether oxygens (including phenoxy) is 1. The van der Waals surface area contributed by atoms with Crippen LogP contribution in [0, 0.1) is 0 Å². The lowest BCUT2D eigenvalue weighted by molar-refractivity contribution is -0.131. The van der Waals surface area contributed by atoms with Crippen LogP contribution >= 0.6 is 11.8 Å². The average Bonchev–Trinajstić information content (AvgIpc) is 2.63. The fourth-order valence-corrected chi connectivity index (χ4v) is 4.76. The summed E-state index contributed by atoms with van der Waals surface area (Å²) in [5, 5.41) is 4.08. The second-order valence-corrected chi connectivity index (χ2v) is 7.89. The normalized spacial score (nSPS) is 27.3. The summed E-state index contributed by atoms with van der Waals surface area (Å²) >= 11 is 1.94. The van der Waals surface area contributed by atoms with Gasteiger partial charge in [0.15, 0.2) is 0 Å². The van der Waals surface area contributed by atoms with Crippen LogP contribution in [-0.4, -0.2) is 36.7 Å². The summed E-state index contributed by atoms with van der Waals surface area (Å²) < 4.78 is 5.54. The molecule has 0 radical (unpaired) electrons. The Balaban J connectivity index is 1.76. The van der Waals surface area contributed by atoms with Crippen molar-refractivity contribution in [3.8, 4) is 0 Å². The summed E-state index contributed by atoms with van der Waals surface area (Å²) in [4.78, 5) is 13.2. The van der Waals surface area contributed by atoms with E-state index in [0.29, 0.717) is 24.5 Å². The number of benzene rings is 1. The van der Waals surface area contributed by atoms with Gasteiger partial charge in [0, 0.05) is 24.5 Å². The first kappa shape index (κ1) is 16.8. The molecule has 0 bridgehead atoms. The Morgan fingerprint density at radius 1 is 1.22 bits per heavy atom. The predicted molar refractivity (Wildman–Crippen MR) is 95.9 cm³/mol. The molecule has 1 aliphatic carbocycles. The number of amides is 1. The standard InChI is InChI=1S/C19H27NO2S/c1-23-17-9-5-8-16(14-17)20-18(21)19(10-12-22-13-11-19)15-6-3-2-4-7-15/h2-4,6-7,16-17H,5,8-14H2,1H3,(H,20,21)/t16-,17+/m1/s1. The molecule has 2 atom stereocenters. The van der Waals surface area contributed by atoms with E-state index in [-0.39, 0.29) is 5.91 Å². The van der Waals surface area contributed by atoms with Crippen LogP contribution in [-0.2, 0) is 14.9 Å². The van der Waals surface area contributed by atoms with E-state index in [0.717, 1.165) is 31.2 Å². The number of carbonyl (C=O) groups excluding carboxylic acids is 1. The second kappa shape index (κ2) is 7.71. The van der Waals surface area contributed by atoms with E-state index in [2.05, 4.69) is 23.7 Å². The van der Waals surface area contributed by atoms with Crippen LogP contribution in [0.2, 0.25) is 0 Å². The molecule has 2 aliphatic rings. The number of hydrogen-bond donors (Lipinski definition) is 1. The molecule has 1 heterocycles. The van der Waals surface area contributed by atoms with Crippen LogP contribution in [0.15, 0.2) is 30.3 Å². The highest BCUT2D eigenvalue weighted by Gasteiger charge is 2.42. The third-order valence-corrected chi connectivity index (χ3v) is 6.50. The first-order valence-corrected chi connectivity index (χ1v) is 10.0. The Morgan fingerprint density at radius 3 is 2.65 bits per heavy atom. The number of thioether (sulfide) groups is 1. The second-order valence-electron chi connectivity index (χ2n) is 6.76. The van der Waals surface area contributed by atoms with Gasteiger partial charge in [-0.3, -0.25) is 4.79 Å². The summed E-state index contributed by atoms with van der Waals surface area (Å²) in [5.74, 6) is 0.207. The molecule has 1 aromatic rings. The monoisotopic (exact) mass is 333 g/mol. The predicted octanol–water partition coefficient (Wildman–Crippen LogP) is 3.53. The minimum absolute atomic E-state index is 0.207. The highest BCUT2D eigenvalue weighted by atomic mass is 32.2. The first-order chi connectivity index (χ1) is 11.2. The summed E-state index contributed by atoms with van der Waals surface area (Å²) in [6.45, 7) is 1.33. The van der Waals surface area contributed by atoms with Gasteiger partial charge in [-0.05, 0) is 43.9 Å². The van der Waals surface area contributed by atoms with Gasteiger partial charge in [0.2, 0.25) is 5.91 Å². The van der Waals surface area contributed by atoms with Crippen molar-refractivity contribution in [1.82, 2.24) is 5.32 Å².